The van der Waals surface area contributed by atoms with Gasteiger partial charge in [0.1, 0.15) is 0 Å². The molecule has 0 unspecified atom stereocenters. The van der Waals surface area contributed by atoms with E-state index in [1.165, 1.54) is 12.1 Å². The molecule has 4 nitrogen and oxygen atoms in total. The van der Waals surface area contributed by atoms with Crippen LogP contribution < -0.4 is 11.4 Å². The SMILES string of the molecule is Cc1cc(O)n(N)c(=O)c1. The number of nitrogens with two attached hydrogens (primary N) is 1. The van der Waals surface area contributed by atoms with E-state index in [-0.39, 0.29) is 5.88 Å². The van der Waals surface area contributed by atoms with E-state index in [1.807, 2.05) is 0 Å². The number of rotatable bonds is 0. The second-order valence-electron chi connectivity index (χ2n) is 2.10. The van der Waals surface area contributed by atoms with Crippen LogP contribution in [0.15, 0.2) is 16.9 Å². The summed E-state index contributed by atoms with van der Waals surface area (Å²) in [6.45, 7) is 1.71. The molecule has 1 aromatic heterocycles. The number of hydrogen-bond donors (Lipinski definition) is 2. The molecule has 1 heterocycles. The Labute approximate surface area is 57.5 Å². The largest absolute Gasteiger partial charge is 0.493 e. The molecule has 1 aromatic rings. The first-order chi connectivity index (χ1) is 4.61. The van der Waals surface area contributed by atoms with Crippen LogP contribution in [0.2, 0.25) is 0 Å². The van der Waals surface area contributed by atoms with Crippen molar-refractivity contribution in [1.82, 2.24) is 4.68 Å². The monoisotopic (exact) mass is 140 g/mol. The van der Waals surface area contributed by atoms with Crippen molar-refractivity contribution in [3.63, 3.8) is 0 Å². The van der Waals surface area contributed by atoms with E-state index in [9.17, 15) is 4.79 Å². The first-order valence-corrected chi connectivity index (χ1v) is 2.79. The summed E-state index contributed by atoms with van der Waals surface area (Å²) in [7, 11) is 0. The van der Waals surface area contributed by atoms with E-state index in [2.05, 4.69) is 0 Å². The molecule has 0 aromatic carbocycles. The minimum atomic E-state index is -0.405. The van der Waals surface area contributed by atoms with Crippen LogP contribution >= 0.6 is 0 Å². The Morgan fingerprint density at radius 3 is 2.70 bits per heavy atom. The van der Waals surface area contributed by atoms with E-state index in [4.69, 9.17) is 10.9 Å². The van der Waals surface area contributed by atoms with Gasteiger partial charge in [0.15, 0.2) is 0 Å². The highest BCUT2D eigenvalue weighted by Crippen LogP contribution is 2.03. The van der Waals surface area contributed by atoms with Gasteiger partial charge in [0.2, 0.25) is 5.88 Å². The minimum Gasteiger partial charge on any atom is -0.493 e. The van der Waals surface area contributed by atoms with Gasteiger partial charge in [-0.3, -0.25) is 4.79 Å². The van der Waals surface area contributed by atoms with Crippen molar-refractivity contribution < 1.29 is 5.11 Å². The molecule has 0 amide bonds. The molecule has 0 saturated heterocycles. The van der Waals surface area contributed by atoms with E-state index >= 15 is 0 Å². The Bertz CT molecular complexity index is 303. The molecule has 0 aliphatic heterocycles. The first-order valence-electron chi connectivity index (χ1n) is 2.79. The normalized spacial score (nSPS) is 9.70. The lowest BCUT2D eigenvalue weighted by Crippen LogP contribution is -2.26. The van der Waals surface area contributed by atoms with Gasteiger partial charge < -0.3 is 10.9 Å². The number of nitrogens with zero attached hydrogens (tertiary/aromatic N) is 1. The lowest BCUT2D eigenvalue weighted by molar-refractivity contribution is 0.429. The molecule has 0 fully saturated rings. The molecular weight excluding hydrogens is 132 g/mol. The van der Waals surface area contributed by atoms with Crippen molar-refractivity contribution in [3.05, 3.63) is 28.0 Å². The summed E-state index contributed by atoms with van der Waals surface area (Å²) in [6, 6.07) is 2.76. The Kier molecular flexibility index (Phi) is 1.37. The van der Waals surface area contributed by atoms with Gasteiger partial charge in [0.25, 0.3) is 5.56 Å². The van der Waals surface area contributed by atoms with Gasteiger partial charge in [-0.1, -0.05) is 0 Å². The molecule has 10 heavy (non-hydrogen) atoms. The smallest absolute Gasteiger partial charge is 0.272 e. The molecule has 54 valence electrons. The van der Waals surface area contributed by atoms with Crippen LogP contribution in [0.25, 0.3) is 0 Å². The van der Waals surface area contributed by atoms with Crippen molar-refractivity contribution in [2.75, 3.05) is 5.84 Å². The first kappa shape index (κ1) is 6.67. The van der Waals surface area contributed by atoms with Crippen LogP contribution in [0.4, 0.5) is 0 Å². The fourth-order valence-electron chi connectivity index (χ4n) is 0.692. The molecule has 0 aliphatic rings. The Balaban J connectivity index is 3.46. The van der Waals surface area contributed by atoms with E-state index < -0.39 is 5.56 Å². The summed E-state index contributed by atoms with van der Waals surface area (Å²) in [6.07, 6.45) is 0. The van der Waals surface area contributed by atoms with Crippen LogP contribution in [0.5, 0.6) is 5.88 Å². The number of hydrogen-bond acceptors (Lipinski definition) is 3. The Hall–Kier alpha value is -1.45. The highest BCUT2D eigenvalue weighted by Gasteiger charge is 1.97. The van der Waals surface area contributed by atoms with Crippen molar-refractivity contribution in [3.8, 4) is 5.88 Å². The highest BCUT2D eigenvalue weighted by atomic mass is 16.3. The molecular formula is C6H8N2O2. The number of pyridine rings is 1. The van der Waals surface area contributed by atoms with Crippen molar-refractivity contribution in [2.45, 2.75) is 6.92 Å². The fourth-order valence-corrected chi connectivity index (χ4v) is 0.692. The van der Waals surface area contributed by atoms with Gasteiger partial charge in [-0.05, 0) is 12.5 Å². The molecule has 3 N–H and O–H groups in total. The predicted molar refractivity (Wildman–Crippen MR) is 37.3 cm³/mol. The van der Waals surface area contributed by atoms with E-state index in [1.54, 1.807) is 6.92 Å². The maximum absolute atomic E-state index is 10.7. The van der Waals surface area contributed by atoms with Crippen molar-refractivity contribution in [1.29, 1.82) is 0 Å². The predicted octanol–water partition coefficient (Wildman–Crippen LogP) is -0.424. The summed E-state index contributed by atoms with van der Waals surface area (Å²) >= 11 is 0. The van der Waals surface area contributed by atoms with Crippen LogP contribution in [0.1, 0.15) is 5.56 Å². The topological polar surface area (TPSA) is 68.2 Å². The Morgan fingerprint density at radius 2 is 2.20 bits per heavy atom. The average Bonchev–Trinajstić information content (AvgIpc) is 1.82. The summed E-state index contributed by atoms with van der Waals surface area (Å²) in [5.41, 5.74) is 0.293. The number of aromatic hydroxyl groups is 1. The molecule has 0 radical (unpaired) electrons. The summed E-state index contributed by atoms with van der Waals surface area (Å²) < 4.78 is 0.688. The molecule has 4 heteroatoms. The second kappa shape index (κ2) is 2.06. The highest BCUT2D eigenvalue weighted by molar-refractivity contribution is 5.19. The third kappa shape index (κ3) is 0.953. The zero-order chi connectivity index (χ0) is 7.72. The standard InChI is InChI=1S/C6H8N2O2/c1-4-2-5(9)8(7)6(10)3-4/h2-3,9H,7H2,1H3. The van der Waals surface area contributed by atoms with Crippen molar-refractivity contribution in [2.24, 2.45) is 0 Å². The summed E-state index contributed by atoms with van der Waals surface area (Å²) in [5, 5.41) is 8.92. The lowest BCUT2D eigenvalue weighted by atomic mass is 10.3. The third-order valence-electron chi connectivity index (χ3n) is 1.19. The maximum atomic E-state index is 10.7. The van der Waals surface area contributed by atoms with Gasteiger partial charge in [-0.25, -0.2) is 0 Å². The molecule has 0 aliphatic carbocycles. The van der Waals surface area contributed by atoms with Gasteiger partial charge in [-0.2, -0.15) is 4.68 Å². The van der Waals surface area contributed by atoms with Gasteiger partial charge in [-0.15, -0.1) is 0 Å². The second-order valence-corrected chi connectivity index (χ2v) is 2.10. The van der Waals surface area contributed by atoms with Crippen LogP contribution in [0, 0.1) is 6.92 Å². The van der Waals surface area contributed by atoms with Crippen LogP contribution in [0.3, 0.4) is 0 Å². The zero-order valence-corrected chi connectivity index (χ0v) is 5.53. The minimum absolute atomic E-state index is 0.218. The fraction of sp³-hybridized carbons (Fsp3) is 0.167. The van der Waals surface area contributed by atoms with Gasteiger partial charge in [0.05, 0.1) is 0 Å². The third-order valence-corrected chi connectivity index (χ3v) is 1.19. The number of nitrogen functional groups attached to an aromatic ring is 1. The summed E-state index contributed by atoms with van der Waals surface area (Å²) in [4.78, 5) is 10.7. The lowest BCUT2D eigenvalue weighted by Gasteiger charge is -1.99. The van der Waals surface area contributed by atoms with Gasteiger partial charge in [0, 0.05) is 12.1 Å². The maximum Gasteiger partial charge on any atom is 0.272 e. The molecule has 0 spiro atoms. The van der Waals surface area contributed by atoms with Gasteiger partial charge >= 0.3 is 0 Å². The average molecular weight is 140 g/mol. The molecule has 0 saturated carbocycles. The number of aromatic nitrogens is 1. The zero-order valence-electron chi connectivity index (χ0n) is 5.53. The van der Waals surface area contributed by atoms with E-state index in [0.29, 0.717) is 10.2 Å². The van der Waals surface area contributed by atoms with E-state index in [0.717, 1.165) is 0 Å². The number of aryl methyl sites for hydroxylation is 1. The molecule has 0 bridgehead atoms. The van der Waals surface area contributed by atoms with Crippen LogP contribution in [-0.4, -0.2) is 9.78 Å². The molecule has 0 atom stereocenters. The van der Waals surface area contributed by atoms with Crippen LogP contribution in [-0.2, 0) is 0 Å². The van der Waals surface area contributed by atoms with Crippen molar-refractivity contribution >= 4 is 0 Å². The Morgan fingerprint density at radius 1 is 1.60 bits per heavy atom. The molecule has 1 rings (SSSR count). The summed E-state index contributed by atoms with van der Waals surface area (Å²) in [5.74, 6) is 4.89. The quantitative estimate of drug-likeness (QED) is 0.481.